The van der Waals surface area contributed by atoms with Crippen LogP contribution in [0.4, 0.5) is 8.78 Å². The smallest absolute Gasteiger partial charge is 0.238 e. The van der Waals surface area contributed by atoms with Crippen molar-refractivity contribution in [3.63, 3.8) is 0 Å². The Morgan fingerprint density at radius 2 is 1.41 bits per heavy atom. The van der Waals surface area contributed by atoms with Gasteiger partial charge in [-0.15, -0.1) is 0 Å². The second-order valence-corrected chi connectivity index (χ2v) is 8.32. The summed E-state index contributed by atoms with van der Waals surface area (Å²) >= 11 is 5.60. The van der Waals surface area contributed by atoms with E-state index in [1.165, 1.54) is 54.6 Å². The number of sulfonamides is 1. The Kier molecular flexibility index (Phi) is 4.77. The molecule has 0 aliphatic heterocycles. The SMILES string of the molecule is NS(=O)(=O)c1ccc(-c2oc3ccc(F)cc3c(=S)c2-c2ccc(F)cc2)cc1. The average Bonchev–Trinajstić information content (AvgIpc) is 2.69. The minimum Gasteiger partial charge on any atom is -0.455 e. The maximum atomic E-state index is 13.8. The summed E-state index contributed by atoms with van der Waals surface area (Å²) in [5, 5.41) is 5.56. The first kappa shape index (κ1) is 19.4. The summed E-state index contributed by atoms with van der Waals surface area (Å²) in [6, 6.07) is 15.4. The molecule has 0 fully saturated rings. The Balaban J connectivity index is 2.04. The van der Waals surface area contributed by atoms with E-state index in [0.29, 0.717) is 37.9 Å². The van der Waals surface area contributed by atoms with Gasteiger partial charge in [0.1, 0.15) is 23.0 Å². The maximum absolute atomic E-state index is 13.8. The van der Waals surface area contributed by atoms with Crippen molar-refractivity contribution in [2.45, 2.75) is 4.90 Å². The predicted octanol–water partition coefficient (Wildman–Crippen LogP) is 5.42. The fourth-order valence-electron chi connectivity index (χ4n) is 3.05. The lowest BCUT2D eigenvalue weighted by molar-refractivity contribution is 0.597. The zero-order valence-corrected chi connectivity index (χ0v) is 16.4. The van der Waals surface area contributed by atoms with Gasteiger partial charge >= 0.3 is 0 Å². The van der Waals surface area contributed by atoms with Gasteiger partial charge in [0.25, 0.3) is 0 Å². The number of primary sulfonamides is 1. The summed E-state index contributed by atoms with van der Waals surface area (Å²) in [5.74, 6) is -0.529. The Hall–Kier alpha value is -2.94. The molecule has 0 aliphatic rings. The lowest BCUT2D eigenvalue weighted by Crippen LogP contribution is -2.11. The van der Waals surface area contributed by atoms with Gasteiger partial charge in [-0.3, -0.25) is 0 Å². The van der Waals surface area contributed by atoms with Crippen molar-refractivity contribution in [1.29, 1.82) is 0 Å². The highest BCUT2D eigenvalue weighted by Crippen LogP contribution is 2.38. The fourth-order valence-corrected chi connectivity index (χ4v) is 3.93. The van der Waals surface area contributed by atoms with Gasteiger partial charge in [0.2, 0.25) is 10.0 Å². The first-order chi connectivity index (χ1) is 13.7. The average molecular weight is 429 g/mol. The highest BCUT2D eigenvalue weighted by Gasteiger charge is 2.17. The van der Waals surface area contributed by atoms with Crippen molar-refractivity contribution in [2.24, 2.45) is 5.14 Å². The van der Waals surface area contributed by atoms with Crippen molar-refractivity contribution in [2.75, 3.05) is 0 Å². The second-order valence-electron chi connectivity index (χ2n) is 6.35. The minimum atomic E-state index is -3.85. The molecule has 146 valence electrons. The third kappa shape index (κ3) is 3.69. The van der Waals surface area contributed by atoms with E-state index in [2.05, 4.69) is 0 Å². The molecule has 29 heavy (non-hydrogen) atoms. The van der Waals surface area contributed by atoms with Gasteiger partial charge < -0.3 is 4.42 Å². The van der Waals surface area contributed by atoms with Crippen LogP contribution in [-0.4, -0.2) is 8.42 Å². The summed E-state index contributed by atoms with van der Waals surface area (Å²) < 4.78 is 56.6. The number of hydrogen-bond acceptors (Lipinski definition) is 4. The number of rotatable bonds is 3. The van der Waals surface area contributed by atoms with Gasteiger partial charge in [0.05, 0.1) is 9.41 Å². The van der Waals surface area contributed by atoms with E-state index in [1.807, 2.05) is 0 Å². The van der Waals surface area contributed by atoms with Crippen LogP contribution < -0.4 is 5.14 Å². The van der Waals surface area contributed by atoms with E-state index in [4.69, 9.17) is 21.8 Å². The molecular weight excluding hydrogens is 416 g/mol. The van der Waals surface area contributed by atoms with Crippen molar-refractivity contribution >= 4 is 33.2 Å². The van der Waals surface area contributed by atoms with Crippen LogP contribution in [0.5, 0.6) is 0 Å². The molecule has 0 unspecified atom stereocenters. The molecule has 4 rings (SSSR count). The predicted molar refractivity (Wildman–Crippen MR) is 109 cm³/mol. The highest BCUT2D eigenvalue weighted by molar-refractivity contribution is 7.89. The van der Waals surface area contributed by atoms with Crippen molar-refractivity contribution in [3.8, 4) is 22.5 Å². The van der Waals surface area contributed by atoms with Crippen LogP contribution in [0, 0.1) is 16.1 Å². The van der Waals surface area contributed by atoms with Gasteiger partial charge in [0, 0.05) is 16.5 Å². The van der Waals surface area contributed by atoms with Crippen LogP contribution in [-0.2, 0) is 10.0 Å². The van der Waals surface area contributed by atoms with Crippen LogP contribution in [0.2, 0.25) is 0 Å². The molecule has 2 N–H and O–H groups in total. The Morgan fingerprint density at radius 3 is 2.03 bits per heavy atom. The molecule has 0 bridgehead atoms. The Morgan fingerprint density at radius 1 is 0.828 bits per heavy atom. The van der Waals surface area contributed by atoms with Crippen molar-refractivity contribution in [1.82, 2.24) is 0 Å². The van der Waals surface area contributed by atoms with Crippen molar-refractivity contribution in [3.05, 3.63) is 82.9 Å². The number of nitrogens with two attached hydrogens (primary N) is 1. The molecule has 3 aromatic carbocycles. The van der Waals surface area contributed by atoms with E-state index in [-0.39, 0.29) is 4.90 Å². The lowest BCUT2D eigenvalue weighted by atomic mass is 9.99. The molecule has 0 saturated heterocycles. The lowest BCUT2D eigenvalue weighted by Gasteiger charge is -2.12. The van der Waals surface area contributed by atoms with E-state index in [0.717, 1.165) is 0 Å². The number of halogens is 2. The summed E-state index contributed by atoms with van der Waals surface area (Å²) in [6.07, 6.45) is 0. The molecular formula is C21H13F2NO3S2. The Bertz CT molecular complexity index is 1400. The maximum Gasteiger partial charge on any atom is 0.238 e. The zero-order valence-electron chi connectivity index (χ0n) is 14.7. The molecule has 0 radical (unpaired) electrons. The molecule has 0 amide bonds. The monoisotopic (exact) mass is 429 g/mol. The van der Waals surface area contributed by atoms with E-state index in [1.54, 1.807) is 12.1 Å². The van der Waals surface area contributed by atoms with Crippen LogP contribution in [0.1, 0.15) is 0 Å². The minimum absolute atomic E-state index is 0.0500. The van der Waals surface area contributed by atoms with E-state index < -0.39 is 21.7 Å². The zero-order chi connectivity index (χ0) is 20.8. The molecule has 4 aromatic rings. The van der Waals surface area contributed by atoms with Gasteiger partial charge in [-0.25, -0.2) is 22.3 Å². The van der Waals surface area contributed by atoms with Gasteiger partial charge in [-0.1, -0.05) is 24.4 Å². The molecule has 4 nitrogen and oxygen atoms in total. The molecule has 0 saturated carbocycles. The quantitative estimate of drug-likeness (QED) is 0.441. The summed E-state index contributed by atoms with van der Waals surface area (Å²) in [7, 11) is -3.85. The largest absolute Gasteiger partial charge is 0.455 e. The summed E-state index contributed by atoms with van der Waals surface area (Å²) in [4.78, 5) is -0.0500. The van der Waals surface area contributed by atoms with Crippen LogP contribution in [0.15, 0.2) is 76.0 Å². The summed E-state index contributed by atoms with van der Waals surface area (Å²) in [5.41, 5.74) is 1.96. The van der Waals surface area contributed by atoms with Crippen LogP contribution >= 0.6 is 12.2 Å². The Labute approximate surface area is 170 Å². The standard InChI is InChI=1S/C21H13F2NO3S2/c22-14-5-1-12(2-6-14)19-20(13-3-8-16(9-4-13)29(24,25)26)27-18-10-7-15(23)11-17(18)21(19)28/h1-11H,(H2,24,25,26). The van der Waals surface area contributed by atoms with Gasteiger partial charge in [-0.05, 0) is 60.2 Å². The number of hydrogen-bond donors (Lipinski definition) is 1. The van der Waals surface area contributed by atoms with E-state index >= 15 is 0 Å². The topological polar surface area (TPSA) is 73.3 Å². The number of fused-ring (bicyclic) bond motifs is 1. The third-order valence-corrected chi connectivity index (χ3v) is 5.78. The van der Waals surface area contributed by atoms with Gasteiger partial charge in [-0.2, -0.15) is 0 Å². The highest BCUT2D eigenvalue weighted by atomic mass is 32.2. The first-order valence-corrected chi connectivity index (χ1v) is 10.3. The first-order valence-electron chi connectivity index (χ1n) is 8.39. The van der Waals surface area contributed by atoms with E-state index in [9.17, 15) is 17.2 Å². The number of benzene rings is 3. The molecule has 0 spiro atoms. The van der Waals surface area contributed by atoms with Crippen LogP contribution in [0.3, 0.4) is 0 Å². The molecule has 1 aromatic heterocycles. The molecule has 0 atom stereocenters. The molecule has 0 aliphatic carbocycles. The normalized spacial score (nSPS) is 11.7. The molecule has 8 heteroatoms. The summed E-state index contributed by atoms with van der Waals surface area (Å²) in [6.45, 7) is 0. The fraction of sp³-hybridized carbons (Fsp3) is 0. The van der Waals surface area contributed by atoms with Crippen molar-refractivity contribution < 1.29 is 21.6 Å². The van der Waals surface area contributed by atoms with Crippen LogP contribution in [0.25, 0.3) is 33.4 Å². The molecule has 1 heterocycles. The third-order valence-electron chi connectivity index (χ3n) is 4.43. The second kappa shape index (κ2) is 7.14. The van der Waals surface area contributed by atoms with Gasteiger partial charge in [0.15, 0.2) is 0 Å².